The summed E-state index contributed by atoms with van der Waals surface area (Å²) >= 11 is 1.81. The molecule has 0 fully saturated rings. The summed E-state index contributed by atoms with van der Waals surface area (Å²) in [5.41, 5.74) is 3.65. The van der Waals surface area contributed by atoms with Gasteiger partial charge in [0.2, 0.25) is 0 Å². The first-order valence-corrected chi connectivity index (χ1v) is 6.80. The van der Waals surface area contributed by atoms with Crippen LogP contribution in [0.1, 0.15) is 25.1 Å². The van der Waals surface area contributed by atoms with E-state index in [4.69, 9.17) is 0 Å². The minimum absolute atomic E-state index is 0.965. The molecule has 1 aromatic carbocycles. The summed E-state index contributed by atoms with van der Waals surface area (Å²) in [6, 6.07) is 6.68. The van der Waals surface area contributed by atoms with Crippen LogP contribution in [0.5, 0.6) is 0 Å². The molecule has 0 saturated heterocycles. The van der Waals surface area contributed by atoms with Crippen LogP contribution in [0.3, 0.4) is 0 Å². The van der Waals surface area contributed by atoms with E-state index in [1.807, 2.05) is 11.3 Å². The number of aryl methyl sites for hydroxylation is 2. The number of hydrogen-bond acceptors (Lipinski definition) is 3. The van der Waals surface area contributed by atoms with Crippen molar-refractivity contribution in [2.75, 3.05) is 0 Å². The number of nitrogens with zero attached hydrogens (tertiary/aromatic N) is 2. The van der Waals surface area contributed by atoms with Gasteiger partial charge in [0.05, 0.1) is 15.9 Å². The summed E-state index contributed by atoms with van der Waals surface area (Å²) < 4.78 is 2.56. The Morgan fingerprint density at radius 3 is 2.76 bits per heavy atom. The third-order valence-corrected chi connectivity index (χ3v) is 4.34. The van der Waals surface area contributed by atoms with Crippen LogP contribution in [-0.2, 0) is 12.8 Å². The van der Waals surface area contributed by atoms with E-state index in [1.165, 1.54) is 20.3 Å². The molecular formula is C14H14N2S. The predicted molar refractivity (Wildman–Crippen MR) is 73.7 cm³/mol. The van der Waals surface area contributed by atoms with E-state index < -0.39 is 0 Å². The topological polar surface area (TPSA) is 25.8 Å². The smallest absolute Gasteiger partial charge is 0.116 e. The summed E-state index contributed by atoms with van der Waals surface area (Å²) in [5.74, 6) is 0. The van der Waals surface area contributed by atoms with Crippen LogP contribution < -0.4 is 0 Å². The van der Waals surface area contributed by atoms with Gasteiger partial charge in [0, 0.05) is 10.1 Å². The minimum atomic E-state index is 0.965. The Morgan fingerprint density at radius 1 is 1.12 bits per heavy atom. The predicted octanol–water partition coefficient (Wildman–Crippen LogP) is 3.97. The molecule has 0 aliphatic carbocycles. The molecule has 17 heavy (non-hydrogen) atoms. The first kappa shape index (κ1) is 10.7. The molecule has 0 bridgehead atoms. The van der Waals surface area contributed by atoms with E-state index in [1.54, 1.807) is 6.33 Å². The number of rotatable bonds is 2. The number of aromatic nitrogens is 2. The molecule has 0 unspecified atom stereocenters. The molecule has 2 nitrogen and oxygen atoms in total. The van der Waals surface area contributed by atoms with Gasteiger partial charge in [-0.15, -0.1) is 11.3 Å². The zero-order chi connectivity index (χ0) is 11.8. The second-order valence-electron chi connectivity index (χ2n) is 4.14. The van der Waals surface area contributed by atoms with Crippen molar-refractivity contribution in [2.45, 2.75) is 26.7 Å². The molecule has 0 aliphatic heterocycles. The van der Waals surface area contributed by atoms with Crippen LogP contribution in [0.25, 0.3) is 20.3 Å². The lowest BCUT2D eigenvalue weighted by atomic mass is 10.1. The van der Waals surface area contributed by atoms with Gasteiger partial charge >= 0.3 is 0 Å². The highest BCUT2D eigenvalue weighted by atomic mass is 32.1. The molecule has 0 amide bonds. The molecule has 0 N–H and O–H groups in total. The van der Waals surface area contributed by atoms with Crippen molar-refractivity contribution in [2.24, 2.45) is 0 Å². The summed E-state index contributed by atoms with van der Waals surface area (Å²) in [7, 11) is 0. The fourth-order valence-electron chi connectivity index (χ4n) is 2.14. The summed E-state index contributed by atoms with van der Waals surface area (Å²) in [5, 5.41) is 1.28. The molecule has 3 heteroatoms. The van der Waals surface area contributed by atoms with Crippen molar-refractivity contribution in [3.8, 4) is 0 Å². The maximum absolute atomic E-state index is 4.45. The Bertz CT molecular complexity index is 685. The summed E-state index contributed by atoms with van der Waals surface area (Å²) in [6.45, 7) is 4.33. The molecule has 3 aromatic rings. The summed E-state index contributed by atoms with van der Waals surface area (Å²) in [6.07, 6.45) is 3.72. The lowest BCUT2D eigenvalue weighted by Crippen LogP contribution is -1.87. The quantitative estimate of drug-likeness (QED) is 0.679. The average molecular weight is 242 g/mol. The number of thiophene rings is 1. The maximum atomic E-state index is 4.45. The Labute approximate surface area is 104 Å². The average Bonchev–Trinajstić information content (AvgIpc) is 2.76. The highest BCUT2D eigenvalue weighted by molar-refractivity contribution is 7.25. The molecule has 0 spiro atoms. The molecule has 0 radical (unpaired) electrons. The van der Waals surface area contributed by atoms with Gasteiger partial charge in [-0.05, 0) is 30.5 Å². The SMILES string of the molecule is CCc1ccc2sc3c(CC)ncnc3c2c1. The van der Waals surface area contributed by atoms with Crippen LogP contribution in [0.2, 0.25) is 0 Å². The van der Waals surface area contributed by atoms with Gasteiger partial charge in [-0.25, -0.2) is 9.97 Å². The van der Waals surface area contributed by atoms with E-state index in [0.29, 0.717) is 0 Å². The lowest BCUT2D eigenvalue weighted by molar-refractivity contribution is 1.04. The van der Waals surface area contributed by atoms with Gasteiger partial charge in [-0.1, -0.05) is 19.9 Å². The van der Waals surface area contributed by atoms with Crippen molar-refractivity contribution in [1.82, 2.24) is 9.97 Å². The van der Waals surface area contributed by atoms with Gasteiger partial charge in [0.25, 0.3) is 0 Å². The lowest BCUT2D eigenvalue weighted by Gasteiger charge is -1.97. The first-order valence-electron chi connectivity index (χ1n) is 5.98. The molecule has 0 saturated carbocycles. The van der Waals surface area contributed by atoms with Gasteiger partial charge in [0.15, 0.2) is 0 Å². The molecular weight excluding hydrogens is 228 g/mol. The van der Waals surface area contributed by atoms with Crippen LogP contribution >= 0.6 is 11.3 Å². The Hall–Kier alpha value is -1.48. The second kappa shape index (κ2) is 4.08. The largest absolute Gasteiger partial charge is 0.240 e. The van der Waals surface area contributed by atoms with Crippen LogP contribution in [-0.4, -0.2) is 9.97 Å². The molecule has 86 valence electrons. The highest BCUT2D eigenvalue weighted by Crippen LogP contribution is 2.34. The Morgan fingerprint density at radius 2 is 2.00 bits per heavy atom. The summed E-state index contributed by atoms with van der Waals surface area (Å²) in [4.78, 5) is 8.82. The van der Waals surface area contributed by atoms with E-state index in [0.717, 1.165) is 24.1 Å². The molecule has 2 aromatic heterocycles. The zero-order valence-electron chi connectivity index (χ0n) is 10.0. The minimum Gasteiger partial charge on any atom is -0.240 e. The Balaban J connectivity index is 2.42. The number of fused-ring (bicyclic) bond motifs is 3. The van der Waals surface area contributed by atoms with Crippen molar-refractivity contribution >= 4 is 31.6 Å². The van der Waals surface area contributed by atoms with E-state index in [9.17, 15) is 0 Å². The second-order valence-corrected chi connectivity index (χ2v) is 5.19. The van der Waals surface area contributed by atoms with Crippen LogP contribution in [0.4, 0.5) is 0 Å². The highest BCUT2D eigenvalue weighted by Gasteiger charge is 2.10. The van der Waals surface area contributed by atoms with Gasteiger partial charge in [0.1, 0.15) is 6.33 Å². The molecule has 0 atom stereocenters. The van der Waals surface area contributed by atoms with Crippen molar-refractivity contribution in [3.05, 3.63) is 35.8 Å². The van der Waals surface area contributed by atoms with Gasteiger partial charge < -0.3 is 0 Å². The van der Waals surface area contributed by atoms with Gasteiger partial charge in [-0.2, -0.15) is 0 Å². The maximum Gasteiger partial charge on any atom is 0.116 e. The van der Waals surface area contributed by atoms with Crippen LogP contribution in [0, 0.1) is 0 Å². The molecule has 3 rings (SSSR count). The van der Waals surface area contributed by atoms with E-state index in [2.05, 4.69) is 42.0 Å². The van der Waals surface area contributed by atoms with Crippen molar-refractivity contribution < 1.29 is 0 Å². The first-order chi connectivity index (χ1) is 8.33. The molecule has 0 aliphatic rings. The molecule has 2 heterocycles. The normalized spacial score (nSPS) is 11.4. The van der Waals surface area contributed by atoms with Crippen LogP contribution in [0.15, 0.2) is 24.5 Å². The third-order valence-electron chi connectivity index (χ3n) is 3.13. The zero-order valence-corrected chi connectivity index (χ0v) is 10.8. The Kier molecular flexibility index (Phi) is 2.56. The third kappa shape index (κ3) is 1.62. The number of hydrogen-bond donors (Lipinski definition) is 0. The fraction of sp³-hybridized carbons (Fsp3) is 0.286. The van der Waals surface area contributed by atoms with Crippen molar-refractivity contribution in [3.63, 3.8) is 0 Å². The number of benzene rings is 1. The standard InChI is InChI=1S/C14H14N2S/c1-3-9-5-6-12-10(7-9)13-14(17-12)11(4-2)15-8-16-13/h5-8H,3-4H2,1-2H3. The van der Waals surface area contributed by atoms with Crippen molar-refractivity contribution in [1.29, 1.82) is 0 Å². The fourth-order valence-corrected chi connectivity index (χ4v) is 3.34. The monoisotopic (exact) mass is 242 g/mol. The van der Waals surface area contributed by atoms with E-state index in [-0.39, 0.29) is 0 Å². The van der Waals surface area contributed by atoms with E-state index >= 15 is 0 Å². The van der Waals surface area contributed by atoms with Gasteiger partial charge in [-0.3, -0.25) is 0 Å².